The van der Waals surface area contributed by atoms with Crippen molar-refractivity contribution in [1.82, 2.24) is 9.97 Å². The van der Waals surface area contributed by atoms with E-state index in [4.69, 9.17) is 5.53 Å². The van der Waals surface area contributed by atoms with Crippen molar-refractivity contribution < 1.29 is 0 Å². The standard InChI is InChI=1S/C26H35N5/c1-16-9-23(18-13-28-15-29-14-18)25(3)8-7-22-21(24(25)10-16)6-5-19-12-20(30-31-27)11-17(2)26(19,22)4/h5,9,13-17,20-22,24H,6-8,10-12H2,1-4H3/t16-,17?,20?,21?,22?,24?,25-,26+/m1/s1. The second-order valence-electron chi connectivity index (χ2n) is 11.2. The summed E-state index contributed by atoms with van der Waals surface area (Å²) in [5, 5.41) is 4.11. The predicted octanol–water partition coefficient (Wildman–Crippen LogP) is 6.99. The summed E-state index contributed by atoms with van der Waals surface area (Å²) in [6.45, 7) is 9.83. The van der Waals surface area contributed by atoms with Gasteiger partial charge < -0.3 is 0 Å². The van der Waals surface area contributed by atoms with Gasteiger partial charge in [-0.2, -0.15) is 0 Å². The van der Waals surface area contributed by atoms with Crippen molar-refractivity contribution in [3.8, 4) is 0 Å². The van der Waals surface area contributed by atoms with Gasteiger partial charge in [0.05, 0.1) is 0 Å². The quantitative estimate of drug-likeness (QED) is 0.225. The molecular formula is C26H35N5. The van der Waals surface area contributed by atoms with Crippen LogP contribution in [-0.4, -0.2) is 16.0 Å². The second kappa shape index (κ2) is 7.48. The van der Waals surface area contributed by atoms with E-state index in [0.717, 1.165) is 24.7 Å². The molecule has 0 saturated heterocycles. The molecule has 0 spiro atoms. The lowest BCUT2D eigenvalue weighted by atomic mass is 9.43. The number of azide groups is 1. The van der Waals surface area contributed by atoms with E-state index in [0.29, 0.717) is 17.8 Å². The van der Waals surface area contributed by atoms with E-state index in [1.54, 1.807) is 11.9 Å². The van der Waals surface area contributed by atoms with Gasteiger partial charge in [0, 0.05) is 28.9 Å². The van der Waals surface area contributed by atoms with Gasteiger partial charge >= 0.3 is 0 Å². The Morgan fingerprint density at radius 2 is 1.90 bits per heavy atom. The van der Waals surface area contributed by atoms with Crippen LogP contribution in [0.4, 0.5) is 0 Å². The molecule has 5 heteroatoms. The van der Waals surface area contributed by atoms with Crippen LogP contribution in [0.3, 0.4) is 0 Å². The van der Waals surface area contributed by atoms with Crippen molar-refractivity contribution in [2.75, 3.05) is 0 Å². The Hall–Kier alpha value is -2.13. The first kappa shape index (κ1) is 20.8. The SMILES string of the molecule is CC1CC(N=[N+]=[N-])CC2=CCC3C(CC[C@]4(C)C(c5cncnc5)=C[C@@H](C)CC34)[C@]21C. The van der Waals surface area contributed by atoms with Gasteiger partial charge in [-0.25, -0.2) is 9.97 Å². The van der Waals surface area contributed by atoms with Crippen LogP contribution in [0.1, 0.15) is 71.8 Å². The van der Waals surface area contributed by atoms with Crippen LogP contribution in [0, 0.1) is 40.4 Å². The van der Waals surface area contributed by atoms with E-state index < -0.39 is 0 Å². The summed E-state index contributed by atoms with van der Waals surface area (Å²) < 4.78 is 0. The van der Waals surface area contributed by atoms with Crippen molar-refractivity contribution >= 4 is 5.57 Å². The molecule has 5 nitrogen and oxygen atoms in total. The number of fused-ring (bicyclic) bond motifs is 5. The van der Waals surface area contributed by atoms with Crippen molar-refractivity contribution in [3.63, 3.8) is 0 Å². The number of hydrogen-bond acceptors (Lipinski definition) is 3. The molecule has 5 unspecified atom stereocenters. The summed E-state index contributed by atoms with van der Waals surface area (Å²) in [6, 6.07) is 0.132. The number of rotatable bonds is 2. The Balaban J connectivity index is 1.52. The molecule has 2 saturated carbocycles. The summed E-state index contributed by atoms with van der Waals surface area (Å²) in [5.41, 5.74) is 13.7. The van der Waals surface area contributed by atoms with Gasteiger partial charge in [0.2, 0.25) is 0 Å². The molecule has 0 amide bonds. The molecule has 8 atom stereocenters. The smallest absolute Gasteiger partial charge is 0.115 e. The van der Waals surface area contributed by atoms with E-state index in [1.807, 2.05) is 12.4 Å². The van der Waals surface area contributed by atoms with Gasteiger partial charge in [-0.1, -0.05) is 50.5 Å². The first-order valence-corrected chi connectivity index (χ1v) is 12.1. The molecule has 164 valence electrons. The van der Waals surface area contributed by atoms with Crippen LogP contribution in [0.5, 0.6) is 0 Å². The minimum atomic E-state index is 0.132. The molecule has 0 radical (unpaired) electrons. The third kappa shape index (κ3) is 3.08. The average molecular weight is 418 g/mol. The van der Waals surface area contributed by atoms with E-state index in [1.165, 1.54) is 36.8 Å². The lowest BCUT2D eigenvalue weighted by molar-refractivity contribution is -0.0484. The van der Waals surface area contributed by atoms with Crippen LogP contribution < -0.4 is 0 Å². The molecule has 31 heavy (non-hydrogen) atoms. The molecule has 1 aromatic rings. The Morgan fingerprint density at radius 1 is 1.13 bits per heavy atom. The normalized spacial score (nSPS) is 44.0. The van der Waals surface area contributed by atoms with Crippen LogP contribution in [0.15, 0.2) is 41.6 Å². The number of nitrogens with zero attached hydrogens (tertiary/aromatic N) is 5. The number of allylic oxidation sites excluding steroid dienone is 3. The van der Waals surface area contributed by atoms with Crippen molar-refractivity contribution in [2.24, 2.45) is 45.5 Å². The highest BCUT2D eigenvalue weighted by atomic mass is 15.1. The monoisotopic (exact) mass is 417 g/mol. The fourth-order valence-electron chi connectivity index (χ4n) is 8.13. The maximum Gasteiger partial charge on any atom is 0.115 e. The molecule has 4 aliphatic rings. The molecule has 1 aromatic heterocycles. The van der Waals surface area contributed by atoms with Crippen LogP contribution >= 0.6 is 0 Å². The molecule has 4 aliphatic carbocycles. The first-order valence-electron chi connectivity index (χ1n) is 12.1. The fourth-order valence-corrected chi connectivity index (χ4v) is 8.13. The molecule has 0 bridgehead atoms. The fraction of sp³-hybridized carbons (Fsp3) is 0.692. The van der Waals surface area contributed by atoms with Gasteiger partial charge in [0.15, 0.2) is 0 Å². The minimum Gasteiger partial charge on any atom is -0.244 e. The lowest BCUT2D eigenvalue weighted by Gasteiger charge is -2.62. The maximum absolute atomic E-state index is 8.98. The predicted molar refractivity (Wildman–Crippen MR) is 124 cm³/mol. The average Bonchev–Trinajstić information content (AvgIpc) is 2.75. The van der Waals surface area contributed by atoms with Crippen molar-refractivity contribution in [3.05, 3.63) is 52.5 Å². The largest absolute Gasteiger partial charge is 0.244 e. The number of hydrogen-bond donors (Lipinski definition) is 0. The molecule has 0 aromatic carbocycles. The van der Waals surface area contributed by atoms with Gasteiger partial charge in [0.25, 0.3) is 0 Å². The van der Waals surface area contributed by atoms with Crippen LogP contribution in [-0.2, 0) is 0 Å². The third-order valence-corrected chi connectivity index (χ3v) is 9.81. The zero-order valence-corrected chi connectivity index (χ0v) is 19.3. The van der Waals surface area contributed by atoms with E-state index in [9.17, 15) is 0 Å². The summed E-state index contributed by atoms with van der Waals surface area (Å²) in [6.07, 6.45) is 17.7. The third-order valence-electron chi connectivity index (χ3n) is 9.81. The number of aromatic nitrogens is 2. The van der Waals surface area contributed by atoms with Gasteiger partial charge in [0.1, 0.15) is 6.33 Å². The van der Waals surface area contributed by atoms with E-state index >= 15 is 0 Å². The highest BCUT2D eigenvalue weighted by Gasteiger charge is 2.58. The molecule has 5 rings (SSSR count). The van der Waals surface area contributed by atoms with Crippen LogP contribution in [0.25, 0.3) is 16.0 Å². The Morgan fingerprint density at radius 3 is 2.65 bits per heavy atom. The van der Waals surface area contributed by atoms with E-state index in [2.05, 4.69) is 59.8 Å². The summed E-state index contributed by atoms with van der Waals surface area (Å²) in [7, 11) is 0. The Bertz CT molecular complexity index is 961. The Labute approximate surface area is 186 Å². The first-order chi connectivity index (χ1) is 14.9. The summed E-state index contributed by atoms with van der Waals surface area (Å²) in [4.78, 5) is 11.8. The molecule has 2 fully saturated rings. The zero-order chi connectivity index (χ0) is 21.8. The van der Waals surface area contributed by atoms with Gasteiger partial charge in [-0.05, 0) is 90.0 Å². The van der Waals surface area contributed by atoms with Crippen molar-refractivity contribution in [2.45, 2.75) is 72.3 Å². The van der Waals surface area contributed by atoms with Gasteiger partial charge in [-0.3, -0.25) is 0 Å². The molecule has 0 aliphatic heterocycles. The zero-order valence-electron chi connectivity index (χ0n) is 19.3. The molecular weight excluding hydrogens is 382 g/mol. The highest BCUT2D eigenvalue weighted by molar-refractivity contribution is 5.71. The molecule has 1 heterocycles. The minimum absolute atomic E-state index is 0.132. The summed E-state index contributed by atoms with van der Waals surface area (Å²) in [5.74, 6) is 3.29. The van der Waals surface area contributed by atoms with E-state index in [-0.39, 0.29) is 16.9 Å². The lowest BCUT2D eigenvalue weighted by Crippen LogP contribution is -2.54. The van der Waals surface area contributed by atoms with Gasteiger partial charge in [-0.15, -0.1) is 0 Å². The van der Waals surface area contributed by atoms with Crippen molar-refractivity contribution in [1.29, 1.82) is 0 Å². The van der Waals surface area contributed by atoms with Crippen LogP contribution in [0.2, 0.25) is 0 Å². The Kier molecular flexibility index (Phi) is 5.01. The topological polar surface area (TPSA) is 74.5 Å². The summed E-state index contributed by atoms with van der Waals surface area (Å²) >= 11 is 0. The second-order valence-corrected chi connectivity index (χ2v) is 11.2. The highest BCUT2D eigenvalue weighted by Crippen LogP contribution is 2.66. The maximum atomic E-state index is 8.98. The molecule has 0 N–H and O–H groups in total.